The number of rotatable bonds is 5. The van der Waals surface area contributed by atoms with Gasteiger partial charge in [0.15, 0.2) is 5.82 Å². The Morgan fingerprint density at radius 3 is 2.76 bits per heavy atom. The average molecular weight is 455 g/mol. The summed E-state index contributed by atoms with van der Waals surface area (Å²) in [6, 6.07) is 14.5. The molecule has 2 N–H and O–H groups in total. The molecule has 4 aromatic rings. The number of pyridine rings is 2. The SMILES string of the molecule is CC(C)n1c(=O)c2cnc(Nc3ccc4c(c3)CNCC4)cc2n1-c1cccc(C2(C)CC2)n1. The van der Waals surface area contributed by atoms with Crippen LogP contribution in [0.25, 0.3) is 16.7 Å². The van der Waals surface area contributed by atoms with Gasteiger partial charge in [0, 0.05) is 41.6 Å². The summed E-state index contributed by atoms with van der Waals surface area (Å²) in [5, 5.41) is 7.47. The molecule has 1 aromatic carbocycles. The molecular formula is C27H30N6O. The molecule has 3 aromatic heterocycles. The molecule has 4 heterocycles. The second-order valence-corrected chi connectivity index (χ2v) is 10.1. The van der Waals surface area contributed by atoms with Gasteiger partial charge in [-0.25, -0.2) is 19.3 Å². The first-order valence-electron chi connectivity index (χ1n) is 12.1. The molecule has 0 saturated heterocycles. The van der Waals surface area contributed by atoms with Gasteiger partial charge in [-0.2, -0.15) is 0 Å². The van der Waals surface area contributed by atoms with Crippen molar-refractivity contribution in [3.8, 4) is 5.82 Å². The highest BCUT2D eigenvalue weighted by molar-refractivity contribution is 5.82. The van der Waals surface area contributed by atoms with E-state index in [1.54, 1.807) is 10.9 Å². The van der Waals surface area contributed by atoms with Crippen LogP contribution in [0.1, 0.15) is 56.5 Å². The Balaban J connectivity index is 1.46. The van der Waals surface area contributed by atoms with Crippen molar-refractivity contribution in [1.29, 1.82) is 0 Å². The first kappa shape index (κ1) is 21.1. The number of fused-ring (bicyclic) bond motifs is 2. The molecule has 2 aliphatic rings. The van der Waals surface area contributed by atoms with Crippen LogP contribution in [0, 0.1) is 0 Å². The first-order chi connectivity index (χ1) is 16.4. The fourth-order valence-electron chi connectivity index (χ4n) is 4.91. The van der Waals surface area contributed by atoms with Crippen LogP contribution in [0.5, 0.6) is 0 Å². The van der Waals surface area contributed by atoms with Crippen LogP contribution in [-0.2, 0) is 18.4 Å². The average Bonchev–Trinajstić information content (AvgIpc) is 3.53. The highest BCUT2D eigenvalue weighted by Gasteiger charge is 2.40. The first-order valence-corrected chi connectivity index (χ1v) is 12.1. The summed E-state index contributed by atoms with van der Waals surface area (Å²) in [6.45, 7) is 8.21. The third-order valence-corrected chi connectivity index (χ3v) is 7.19. The van der Waals surface area contributed by atoms with Crippen molar-refractivity contribution in [2.24, 2.45) is 0 Å². The minimum atomic E-state index is -0.0475. The molecule has 0 atom stereocenters. The van der Waals surface area contributed by atoms with E-state index in [0.29, 0.717) is 11.2 Å². The van der Waals surface area contributed by atoms with Crippen LogP contribution in [0.2, 0.25) is 0 Å². The monoisotopic (exact) mass is 454 g/mol. The maximum Gasteiger partial charge on any atom is 0.276 e. The fraction of sp³-hybridized carbons (Fsp3) is 0.370. The van der Waals surface area contributed by atoms with Crippen molar-refractivity contribution in [3.63, 3.8) is 0 Å². The van der Waals surface area contributed by atoms with Crippen LogP contribution >= 0.6 is 0 Å². The maximum absolute atomic E-state index is 13.3. The molecule has 174 valence electrons. The van der Waals surface area contributed by atoms with E-state index in [2.05, 4.69) is 46.8 Å². The zero-order valence-corrected chi connectivity index (χ0v) is 19.9. The van der Waals surface area contributed by atoms with Gasteiger partial charge < -0.3 is 10.6 Å². The van der Waals surface area contributed by atoms with E-state index in [0.717, 1.165) is 55.1 Å². The Morgan fingerprint density at radius 2 is 1.97 bits per heavy atom. The predicted octanol–water partition coefficient (Wildman–Crippen LogP) is 4.60. The third kappa shape index (κ3) is 3.51. The van der Waals surface area contributed by atoms with Crippen LogP contribution < -0.4 is 16.2 Å². The molecule has 6 rings (SSSR count). The Labute approximate surface area is 198 Å². The Morgan fingerprint density at radius 1 is 1.12 bits per heavy atom. The number of aromatic nitrogens is 4. The van der Waals surface area contributed by atoms with Gasteiger partial charge in [-0.1, -0.05) is 19.1 Å². The molecule has 1 aliphatic heterocycles. The summed E-state index contributed by atoms with van der Waals surface area (Å²) in [5.41, 5.74) is 5.70. The van der Waals surface area contributed by atoms with Crippen LogP contribution in [0.4, 0.5) is 11.5 Å². The second kappa shape index (κ2) is 7.81. The molecule has 34 heavy (non-hydrogen) atoms. The third-order valence-electron chi connectivity index (χ3n) is 7.19. The number of nitrogens with zero attached hydrogens (tertiary/aromatic N) is 4. The minimum Gasteiger partial charge on any atom is -0.340 e. The Kier molecular flexibility index (Phi) is 4.85. The minimum absolute atomic E-state index is 0.0218. The highest BCUT2D eigenvalue weighted by atomic mass is 16.1. The number of hydrogen-bond donors (Lipinski definition) is 2. The zero-order chi connectivity index (χ0) is 23.4. The lowest BCUT2D eigenvalue weighted by Crippen LogP contribution is -2.25. The van der Waals surface area contributed by atoms with E-state index >= 15 is 0 Å². The van der Waals surface area contributed by atoms with Crippen molar-refractivity contribution in [2.75, 3.05) is 11.9 Å². The summed E-state index contributed by atoms with van der Waals surface area (Å²) in [6.07, 6.45) is 5.05. The smallest absolute Gasteiger partial charge is 0.276 e. The normalized spacial score (nSPS) is 16.6. The van der Waals surface area contributed by atoms with Crippen LogP contribution in [0.3, 0.4) is 0 Å². The van der Waals surface area contributed by atoms with Gasteiger partial charge in [-0.05, 0) is 75.0 Å². The maximum atomic E-state index is 13.3. The molecule has 7 heteroatoms. The zero-order valence-electron chi connectivity index (χ0n) is 19.9. The number of benzene rings is 1. The van der Waals surface area contributed by atoms with Gasteiger partial charge in [0.05, 0.1) is 10.9 Å². The van der Waals surface area contributed by atoms with Gasteiger partial charge >= 0.3 is 0 Å². The quantitative estimate of drug-likeness (QED) is 0.461. The second-order valence-electron chi connectivity index (χ2n) is 10.1. The summed E-state index contributed by atoms with van der Waals surface area (Å²) in [4.78, 5) is 22.9. The topological polar surface area (TPSA) is 76.8 Å². The van der Waals surface area contributed by atoms with Gasteiger partial charge in [-0.3, -0.25) is 4.79 Å². The lowest BCUT2D eigenvalue weighted by atomic mass is 10.0. The van der Waals surface area contributed by atoms with Gasteiger partial charge in [0.1, 0.15) is 5.82 Å². The van der Waals surface area contributed by atoms with E-state index in [1.165, 1.54) is 11.1 Å². The standard InChI is InChI=1S/C27H30N6O/c1-17(2)32-26(34)21-16-29-24(30-20-8-7-18-9-12-28-15-19(18)13-20)14-22(21)33(32)25-6-4-5-23(31-25)27(3)10-11-27/h4-8,13-14,16-17,28H,9-12,15H2,1-3H3,(H,29,30). The molecule has 1 aliphatic carbocycles. The summed E-state index contributed by atoms with van der Waals surface area (Å²) in [5.74, 6) is 1.47. The summed E-state index contributed by atoms with van der Waals surface area (Å²) >= 11 is 0. The van der Waals surface area contributed by atoms with Crippen LogP contribution in [0.15, 0.2) is 53.5 Å². The fourth-order valence-corrected chi connectivity index (χ4v) is 4.91. The van der Waals surface area contributed by atoms with Crippen molar-refractivity contribution >= 4 is 22.4 Å². The van der Waals surface area contributed by atoms with Crippen molar-refractivity contribution < 1.29 is 0 Å². The molecule has 0 bridgehead atoms. The molecule has 0 unspecified atom stereocenters. The van der Waals surface area contributed by atoms with Crippen molar-refractivity contribution in [2.45, 2.75) is 58.0 Å². The van der Waals surface area contributed by atoms with Gasteiger partial charge in [0.25, 0.3) is 5.56 Å². The molecule has 1 fully saturated rings. The number of anilines is 2. The largest absolute Gasteiger partial charge is 0.340 e. The summed E-state index contributed by atoms with van der Waals surface area (Å²) < 4.78 is 3.74. The Bertz CT molecular complexity index is 1460. The predicted molar refractivity (Wildman–Crippen MR) is 135 cm³/mol. The lowest BCUT2D eigenvalue weighted by Gasteiger charge is -2.18. The van der Waals surface area contributed by atoms with E-state index < -0.39 is 0 Å². The van der Waals surface area contributed by atoms with Gasteiger partial charge in [0.2, 0.25) is 0 Å². The highest BCUT2D eigenvalue weighted by Crippen LogP contribution is 2.46. The van der Waals surface area contributed by atoms with E-state index in [4.69, 9.17) is 4.98 Å². The van der Waals surface area contributed by atoms with E-state index in [1.807, 2.05) is 36.7 Å². The number of nitrogens with one attached hydrogen (secondary N) is 2. The van der Waals surface area contributed by atoms with Crippen molar-refractivity contribution in [1.82, 2.24) is 24.6 Å². The lowest BCUT2D eigenvalue weighted by molar-refractivity contribution is 0.472. The van der Waals surface area contributed by atoms with Gasteiger partial charge in [-0.15, -0.1) is 0 Å². The van der Waals surface area contributed by atoms with E-state index in [9.17, 15) is 4.79 Å². The molecular weight excluding hydrogens is 424 g/mol. The molecule has 0 radical (unpaired) electrons. The van der Waals surface area contributed by atoms with Crippen molar-refractivity contribution in [3.05, 3.63) is 75.8 Å². The molecule has 0 spiro atoms. The van der Waals surface area contributed by atoms with Crippen LogP contribution in [-0.4, -0.2) is 25.9 Å². The summed E-state index contributed by atoms with van der Waals surface area (Å²) in [7, 11) is 0. The van der Waals surface area contributed by atoms with E-state index in [-0.39, 0.29) is 17.0 Å². The molecule has 1 saturated carbocycles. The number of hydrogen-bond acceptors (Lipinski definition) is 5. The molecule has 7 nitrogen and oxygen atoms in total. The molecule has 0 amide bonds. The Hall–Kier alpha value is -3.45.